The normalized spacial score (nSPS) is 19.5. The number of piperidine rings is 2. The standard InChI is InChI=1S/C30H34N6O2.C29H32N6O2/c1-3-38-30(37)27-18-31-36(29(27)26-17-25(26)28-20-34(2)33-32-28)24-12-8-11-23(16-24)22-10-7-9-21(15-22)19-35-13-5-4-6-14-35;1-33-19-27(31-32-33)24-16-25(24)28-26(29(36)37-2)17-30-35(28)23-11-7-10-22(15-23)21-9-6-8-20(14-21)18-34-12-4-3-5-13-34/h7-12,15-16,18,20,25-26H,3-6,13-14,17,19H2,1-2H3;6-11,14-15,17,19,24-25H,3-5,12-13,16,18H2,1-2H3/t25-,26-;24-,25-/m11/s1. The Hall–Kier alpha value is -7.56. The maximum atomic E-state index is 12.9. The second-order valence-corrected chi connectivity index (χ2v) is 20.6. The Morgan fingerprint density at radius 1 is 0.547 bits per heavy atom. The van der Waals surface area contributed by atoms with Gasteiger partial charge in [-0.2, -0.15) is 10.2 Å². The van der Waals surface area contributed by atoms with Gasteiger partial charge in [-0.1, -0.05) is 83.9 Å². The molecule has 4 atom stereocenters. The first-order valence-corrected chi connectivity index (χ1v) is 26.7. The summed E-state index contributed by atoms with van der Waals surface area (Å²) in [6.45, 7) is 8.86. The largest absolute Gasteiger partial charge is 0.465 e. The molecule has 4 fully saturated rings. The molecule has 386 valence electrons. The third-order valence-electron chi connectivity index (χ3n) is 15.2. The number of esters is 2. The summed E-state index contributed by atoms with van der Waals surface area (Å²) < 4.78 is 17.7. The topological polar surface area (TPSA) is 156 Å². The van der Waals surface area contributed by atoms with Gasteiger partial charge in [0.2, 0.25) is 0 Å². The summed E-state index contributed by atoms with van der Waals surface area (Å²) in [5, 5.41) is 26.1. The van der Waals surface area contributed by atoms with Gasteiger partial charge in [-0.25, -0.2) is 19.0 Å². The number of rotatable bonds is 15. The summed E-state index contributed by atoms with van der Waals surface area (Å²) in [4.78, 5) is 30.6. The molecule has 0 unspecified atom stereocenters. The fourth-order valence-corrected chi connectivity index (χ4v) is 11.3. The summed E-state index contributed by atoms with van der Waals surface area (Å²) in [5.74, 6) is -0.0214. The van der Waals surface area contributed by atoms with E-state index in [4.69, 9.17) is 9.47 Å². The lowest BCUT2D eigenvalue weighted by molar-refractivity contribution is 0.0523. The van der Waals surface area contributed by atoms with Gasteiger partial charge in [0, 0.05) is 63.3 Å². The van der Waals surface area contributed by atoms with E-state index in [0.717, 1.165) is 71.2 Å². The van der Waals surface area contributed by atoms with Crippen molar-refractivity contribution in [3.63, 3.8) is 0 Å². The number of likely N-dealkylation sites (tertiary alicyclic amines) is 2. The highest BCUT2D eigenvalue weighted by molar-refractivity contribution is 5.92. The van der Waals surface area contributed by atoms with E-state index in [1.807, 2.05) is 54.9 Å². The van der Waals surface area contributed by atoms with Crippen molar-refractivity contribution in [3.8, 4) is 33.6 Å². The number of carbonyl (C=O) groups is 2. The van der Waals surface area contributed by atoms with Gasteiger partial charge in [-0.3, -0.25) is 19.2 Å². The van der Waals surface area contributed by atoms with Crippen LogP contribution in [0.25, 0.3) is 33.6 Å². The van der Waals surface area contributed by atoms with Crippen molar-refractivity contribution in [1.29, 1.82) is 0 Å². The minimum absolute atomic E-state index is 0.129. The SMILES string of the molecule is CCOC(=O)c1cnn(-c2cccc(-c3cccc(CN4CCCCC4)c3)c2)c1[C@@H]1C[C@H]1c1cn(C)nn1.COC(=O)c1cnn(-c2cccc(-c3cccc(CN4CCCCC4)c3)c2)c1[C@@H]1C[C@H]1c1cn(C)nn1. The molecule has 8 aromatic rings. The smallest absolute Gasteiger partial charge is 0.341 e. The van der Waals surface area contributed by atoms with Gasteiger partial charge in [0.1, 0.15) is 11.1 Å². The first kappa shape index (κ1) is 49.6. The lowest BCUT2D eigenvalue weighted by Crippen LogP contribution is -2.29. The van der Waals surface area contributed by atoms with Crippen LogP contribution in [-0.4, -0.2) is 111 Å². The van der Waals surface area contributed by atoms with E-state index < -0.39 is 0 Å². The summed E-state index contributed by atoms with van der Waals surface area (Å²) in [5.41, 5.74) is 13.8. The molecule has 12 rings (SSSR count). The van der Waals surface area contributed by atoms with Crippen LogP contribution in [0.3, 0.4) is 0 Å². The van der Waals surface area contributed by atoms with Crippen LogP contribution in [0.2, 0.25) is 0 Å². The van der Waals surface area contributed by atoms with Gasteiger partial charge in [-0.05, 0) is 141 Å². The van der Waals surface area contributed by atoms with Crippen molar-refractivity contribution >= 4 is 11.9 Å². The lowest BCUT2D eigenvalue weighted by atomic mass is 10.0. The zero-order valence-corrected chi connectivity index (χ0v) is 43.5. The monoisotopic (exact) mass is 1010 g/mol. The molecule has 2 saturated heterocycles. The molecule has 75 heavy (non-hydrogen) atoms. The van der Waals surface area contributed by atoms with E-state index in [1.165, 1.54) is 94.1 Å². The summed E-state index contributed by atoms with van der Waals surface area (Å²) in [6, 6.07) is 34.4. The number of nitrogens with zero attached hydrogens (tertiary/aromatic N) is 12. The number of aryl methyl sites for hydroxylation is 2. The van der Waals surface area contributed by atoms with Gasteiger partial charge in [0.15, 0.2) is 0 Å². The molecule has 4 aromatic carbocycles. The molecule has 0 bridgehead atoms. The fourth-order valence-electron chi connectivity index (χ4n) is 11.3. The molecule has 0 amide bonds. The summed E-state index contributed by atoms with van der Waals surface area (Å²) in [6.07, 6.45) is 16.8. The average molecular weight is 1010 g/mol. The number of aromatic nitrogens is 10. The Kier molecular flexibility index (Phi) is 14.6. The zero-order chi connectivity index (χ0) is 51.4. The van der Waals surface area contributed by atoms with Crippen molar-refractivity contribution < 1.29 is 19.1 Å². The second-order valence-electron chi connectivity index (χ2n) is 20.6. The quantitative estimate of drug-likeness (QED) is 0.0898. The Bertz CT molecular complexity index is 3280. The number of hydrogen-bond donors (Lipinski definition) is 0. The van der Waals surface area contributed by atoms with Crippen LogP contribution in [0.15, 0.2) is 122 Å². The molecule has 4 aliphatic rings. The van der Waals surface area contributed by atoms with Crippen molar-refractivity contribution in [2.24, 2.45) is 14.1 Å². The van der Waals surface area contributed by atoms with E-state index in [9.17, 15) is 9.59 Å². The highest BCUT2D eigenvalue weighted by Crippen LogP contribution is 2.56. The molecule has 16 heteroatoms. The number of hydrogen-bond acceptors (Lipinski definition) is 12. The molecular weight excluding hydrogens is 941 g/mol. The Balaban J connectivity index is 0.000000161. The first-order valence-electron chi connectivity index (χ1n) is 26.7. The average Bonchev–Trinajstić information content (AvgIpc) is 4.12. The van der Waals surface area contributed by atoms with Crippen LogP contribution < -0.4 is 0 Å². The summed E-state index contributed by atoms with van der Waals surface area (Å²) >= 11 is 0. The van der Waals surface area contributed by atoms with Gasteiger partial charge in [-0.15, -0.1) is 10.2 Å². The van der Waals surface area contributed by atoms with E-state index >= 15 is 0 Å². The predicted octanol–water partition coefficient (Wildman–Crippen LogP) is 9.81. The number of carbonyl (C=O) groups excluding carboxylic acids is 2. The first-order chi connectivity index (χ1) is 36.7. The highest BCUT2D eigenvalue weighted by Gasteiger charge is 2.47. The van der Waals surface area contributed by atoms with Crippen LogP contribution in [0.5, 0.6) is 0 Å². The predicted molar refractivity (Wildman–Crippen MR) is 286 cm³/mol. The Morgan fingerprint density at radius 2 is 0.973 bits per heavy atom. The molecule has 4 aromatic heterocycles. The highest BCUT2D eigenvalue weighted by atomic mass is 16.5. The van der Waals surface area contributed by atoms with Gasteiger partial charge >= 0.3 is 11.9 Å². The van der Waals surface area contributed by atoms with Crippen LogP contribution in [0, 0.1) is 0 Å². The lowest BCUT2D eigenvalue weighted by Gasteiger charge is -2.26. The van der Waals surface area contributed by atoms with Gasteiger partial charge < -0.3 is 9.47 Å². The van der Waals surface area contributed by atoms with E-state index in [1.54, 1.807) is 21.8 Å². The molecule has 2 saturated carbocycles. The van der Waals surface area contributed by atoms with Crippen molar-refractivity contribution in [1.82, 2.24) is 59.3 Å². The third kappa shape index (κ3) is 11.1. The van der Waals surface area contributed by atoms with Gasteiger partial charge in [0.25, 0.3) is 0 Å². The maximum Gasteiger partial charge on any atom is 0.341 e. The molecule has 2 aliphatic carbocycles. The van der Waals surface area contributed by atoms with Crippen molar-refractivity contribution in [2.75, 3.05) is 39.9 Å². The maximum absolute atomic E-state index is 12.9. The zero-order valence-electron chi connectivity index (χ0n) is 43.5. The van der Waals surface area contributed by atoms with E-state index in [2.05, 4.69) is 126 Å². The summed E-state index contributed by atoms with van der Waals surface area (Å²) in [7, 11) is 5.15. The van der Waals surface area contributed by atoms with Crippen LogP contribution in [-0.2, 0) is 36.7 Å². The molecule has 0 N–H and O–H groups in total. The minimum Gasteiger partial charge on any atom is -0.465 e. The minimum atomic E-state index is -0.368. The van der Waals surface area contributed by atoms with Crippen molar-refractivity contribution in [3.05, 3.63) is 167 Å². The Morgan fingerprint density at radius 3 is 1.39 bits per heavy atom. The van der Waals surface area contributed by atoms with Crippen LogP contribution in [0.1, 0.15) is 137 Å². The molecule has 0 spiro atoms. The number of methoxy groups -OCH3 is 1. The number of ether oxygens (including phenoxy) is 2. The molecular formula is C59H66N12O4. The number of benzene rings is 4. The molecule has 2 aliphatic heterocycles. The van der Waals surface area contributed by atoms with E-state index in [-0.39, 0.29) is 35.6 Å². The van der Waals surface area contributed by atoms with Crippen LogP contribution >= 0.6 is 0 Å². The van der Waals surface area contributed by atoms with E-state index in [0.29, 0.717) is 17.7 Å². The fraction of sp³-hybridized carbons (Fsp3) is 0.390. The Labute approximate surface area is 438 Å². The third-order valence-corrected chi connectivity index (χ3v) is 15.2. The molecule has 6 heterocycles. The van der Waals surface area contributed by atoms with Gasteiger partial charge in [0.05, 0.1) is 60.3 Å². The molecule has 16 nitrogen and oxygen atoms in total. The molecule has 0 radical (unpaired) electrons. The second kappa shape index (κ2) is 22.1. The van der Waals surface area contributed by atoms with Crippen molar-refractivity contribution in [2.45, 2.75) is 95.1 Å². The van der Waals surface area contributed by atoms with Crippen LogP contribution in [0.4, 0.5) is 0 Å².